The molecule has 20 heavy (non-hydrogen) atoms. The van der Waals surface area contributed by atoms with Crippen LogP contribution >= 0.6 is 0 Å². The lowest BCUT2D eigenvalue weighted by molar-refractivity contribution is 0.0642. The summed E-state index contributed by atoms with van der Waals surface area (Å²) in [5, 5.41) is 3.15. The lowest BCUT2D eigenvalue weighted by atomic mass is 10.2. The minimum Gasteiger partial charge on any atom is -0.490 e. The molecule has 0 aliphatic rings. The van der Waals surface area contributed by atoms with Gasteiger partial charge in [-0.15, -0.1) is 0 Å². The summed E-state index contributed by atoms with van der Waals surface area (Å²) < 4.78 is 29.3. The van der Waals surface area contributed by atoms with Crippen LogP contribution in [0.2, 0.25) is 0 Å². The normalized spacial score (nSPS) is 10.8. The van der Waals surface area contributed by atoms with Crippen LogP contribution in [0.4, 0.5) is 4.39 Å². The van der Waals surface area contributed by atoms with Crippen molar-refractivity contribution in [1.82, 2.24) is 5.32 Å². The van der Waals surface area contributed by atoms with Crippen molar-refractivity contribution >= 4 is 0 Å². The smallest absolute Gasteiger partial charge is 0.165 e. The highest BCUT2D eigenvalue weighted by molar-refractivity contribution is 5.29. The van der Waals surface area contributed by atoms with Crippen molar-refractivity contribution in [1.29, 1.82) is 0 Å². The van der Waals surface area contributed by atoms with Crippen LogP contribution in [0, 0.1) is 5.82 Å². The van der Waals surface area contributed by atoms with Crippen LogP contribution in [0.5, 0.6) is 5.75 Å². The highest BCUT2D eigenvalue weighted by Crippen LogP contribution is 2.18. The van der Waals surface area contributed by atoms with Crippen LogP contribution < -0.4 is 10.1 Å². The third-order valence-electron chi connectivity index (χ3n) is 2.70. The Morgan fingerprint density at radius 1 is 1.15 bits per heavy atom. The van der Waals surface area contributed by atoms with Gasteiger partial charge in [-0.2, -0.15) is 0 Å². The van der Waals surface area contributed by atoms with Gasteiger partial charge in [-0.3, -0.25) is 0 Å². The number of rotatable bonds is 11. The summed E-state index contributed by atoms with van der Waals surface area (Å²) in [6.45, 7) is 5.74. The summed E-state index contributed by atoms with van der Waals surface area (Å²) in [4.78, 5) is 0. The molecule has 1 N–H and O–H groups in total. The maximum absolute atomic E-state index is 13.8. The first kappa shape index (κ1) is 16.9. The van der Waals surface area contributed by atoms with E-state index in [0.717, 1.165) is 18.5 Å². The van der Waals surface area contributed by atoms with E-state index in [2.05, 4.69) is 5.32 Å². The molecule has 0 fully saturated rings. The van der Waals surface area contributed by atoms with Crippen LogP contribution in [0.15, 0.2) is 18.2 Å². The quantitative estimate of drug-likeness (QED) is 0.634. The number of benzene rings is 1. The summed E-state index contributed by atoms with van der Waals surface area (Å²) >= 11 is 0. The number of hydrogen-bond acceptors (Lipinski definition) is 4. The monoisotopic (exact) mass is 285 g/mol. The van der Waals surface area contributed by atoms with Crippen LogP contribution in [-0.4, -0.2) is 40.1 Å². The van der Waals surface area contributed by atoms with Gasteiger partial charge in [0.15, 0.2) is 11.6 Å². The second-order valence-electron chi connectivity index (χ2n) is 4.35. The van der Waals surface area contributed by atoms with E-state index in [1.165, 1.54) is 6.07 Å². The summed E-state index contributed by atoms with van der Waals surface area (Å²) in [6, 6.07) is 5.05. The zero-order chi connectivity index (χ0) is 14.6. The van der Waals surface area contributed by atoms with Crippen molar-refractivity contribution in [2.45, 2.75) is 19.9 Å². The number of nitrogens with one attached hydrogen (secondary N) is 1. The molecular formula is C15H24FNO3. The van der Waals surface area contributed by atoms with Gasteiger partial charge in [-0.25, -0.2) is 4.39 Å². The highest BCUT2D eigenvalue weighted by Gasteiger charge is 2.04. The average molecular weight is 285 g/mol. The van der Waals surface area contributed by atoms with Crippen LogP contribution in [0.25, 0.3) is 0 Å². The number of halogens is 1. The zero-order valence-corrected chi connectivity index (χ0v) is 12.3. The summed E-state index contributed by atoms with van der Waals surface area (Å²) in [5.74, 6) is -0.0251. The Morgan fingerprint density at radius 3 is 2.70 bits per heavy atom. The Hall–Kier alpha value is -1.17. The molecule has 0 heterocycles. The van der Waals surface area contributed by atoms with E-state index >= 15 is 0 Å². The molecule has 114 valence electrons. The molecule has 1 aromatic rings. The van der Waals surface area contributed by atoms with Crippen LogP contribution in [0.1, 0.15) is 18.9 Å². The van der Waals surface area contributed by atoms with Crippen molar-refractivity contribution in [3.05, 3.63) is 29.6 Å². The SMILES string of the molecule is CCNCc1ccc(OCCCOCCOC)c(F)c1. The fourth-order valence-corrected chi connectivity index (χ4v) is 1.63. The van der Waals surface area contributed by atoms with E-state index in [9.17, 15) is 4.39 Å². The minimum absolute atomic E-state index is 0.294. The maximum atomic E-state index is 13.8. The Kier molecular flexibility index (Phi) is 8.95. The zero-order valence-electron chi connectivity index (χ0n) is 12.3. The van der Waals surface area contributed by atoms with Gasteiger partial charge >= 0.3 is 0 Å². The number of methoxy groups -OCH3 is 1. The van der Waals surface area contributed by atoms with E-state index in [4.69, 9.17) is 14.2 Å². The van der Waals surface area contributed by atoms with Crippen molar-refractivity contribution in [2.24, 2.45) is 0 Å². The molecule has 4 nitrogen and oxygen atoms in total. The van der Waals surface area contributed by atoms with Gasteiger partial charge in [-0.05, 0) is 24.2 Å². The fraction of sp³-hybridized carbons (Fsp3) is 0.600. The van der Waals surface area contributed by atoms with Gasteiger partial charge in [0, 0.05) is 26.7 Å². The fourth-order valence-electron chi connectivity index (χ4n) is 1.63. The highest BCUT2D eigenvalue weighted by atomic mass is 19.1. The van der Waals surface area contributed by atoms with Gasteiger partial charge in [0.05, 0.1) is 19.8 Å². The molecule has 5 heteroatoms. The lowest BCUT2D eigenvalue weighted by Gasteiger charge is -2.09. The summed E-state index contributed by atoms with van der Waals surface area (Å²) in [6.07, 6.45) is 0.724. The first-order valence-electron chi connectivity index (χ1n) is 6.96. The van der Waals surface area contributed by atoms with Gasteiger partial charge in [0.1, 0.15) is 0 Å². The van der Waals surface area contributed by atoms with E-state index < -0.39 is 0 Å². The van der Waals surface area contributed by atoms with Crippen LogP contribution in [0.3, 0.4) is 0 Å². The topological polar surface area (TPSA) is 39.7 Å². The first-order valence-corrected chi connectivity index (χ1v) is 6.96. The molecule has 0 atom stereocenters. The van der Waals surface area contributed by atoms with Gasteiger partial charge < -0.3 is 19.5 Å². The molecule has 0 aliphatic carbocycles. The predicted molar refractivity (Wildman–Crippen MR) is 76.6 cm³/mol. The number of ether oxygens (including phenoxy) is 3. The Labute approximate surface area is 120 Å². The molecule has 0 spiro atoms. The Morgan fingerprint density at radius 2 is 2.00 bits per heavy atom. The third kappa shape index (κ3) is 6.84. The summed E-state index contributed by atoms with van der Waals surface area (Å²) in [5.41, 5.74) is 0.916. The molecule has 0 aliphatic heterocycles. The molecule has 1 aromatic carbocycles. The Balaban J connectivity index is 2.23. The van der Waals surface area contributed by atoms with E-state index in [-0.39, 0.29) is 5.82 Å². The first-order chi connectivity index (χ1) is 9.77. The molecular weight excluding hydrogens is 261 g/mol. The van der Waals surface area contributed by atoms with Crippen molar-refractivity contribution in [3.63, 3.8) is 0 Å². The summed E-state index contributed by atoms with van der Waals surface area (Å²) in [7, 11) is 1.63. The lowest BCUT2D eigenvalue weighted by Crippen LogP contribution is -2.12. The predicted octanol–water partition coefficient (Wildman–Crippen LogP) is 2.37. The third-order valence-corrected chi connectivity index (χ3v) is 2.70. The van der Waals surface area contributed by atoms with E-state index in [1.807, 2.05) is 13.0 Å². The Bertz CT molecular complexity index is 374. The van der Waals surface area contributed by atoms with Crippen LogP contribution in [-0.2, 0) is 16.0 Å². The largest absolute Gasteiger partial charge is 0.490 e. The molecule has 0 aromatic heterocycles. The second kappa shape index (κ2) is 10.6. The van der Waals surface area contributed by atoms with E-state index in [0.29, 0.717) is 38.7 Å². The molecule has 0 amide bonds. The molecule has 0 saturated carbocycles. The molecule has 1 rings (SSSR count). The standard InChI is InChI=1S/C15H24FNO3/c1-3-17-12-13-5-6-15(14(16)11-13)20-8-4-7-19-10-9-18-2/h5-6,11,17H,3-4,7-10,12H2,1-2H3. The molecule has 0 radical (unpaired) electrons. The maximum Gasteiger partial charge on any atom is 0.165 e. The minimum atomic E-state index is -0.319. The van der Waals surface area contributed by atoms with Crippen molar-refractivity contribution in [2.75, 3.05) is 40.1 Å². The van der Waals surface area contributed by atoms with Gasteiger partial charge in [0.25, 0.3) is 0 Å². The van der Waals surface area contributed by atoms with E-state index in [1.54, 1.807) is 13.2 Å². The molecule has 0 unspecified atom stereocenters. The number of hydrogen-bond donors (Lipinski definition) is 1. The van der Waals surface area contributed by atoms with Gasteiger partial charge in [-0.1, -0.05) is 13.0 Å². The van der Waals surface area contributed by atoms with Gasteiger partial charge in [0.2, 0.25) is 0 Å². The average Bonchev–Trinajstić information content (AvgIpc) is 2.46. The van der Waals surface area contributed by atoms with Crippen molar-refractivity contribution < 1.29 is 18.6 Å². The van der Waals surface area contributed by atoms with Crippen molar-refractivity contribution in [3.8, 4) is 5.75 Å². The molecule has 0 saturated heterocycles. The molecule has 0 bridgehead atoms. The second-order valence-corrected chi connectivity index (χ2v) is 4.35.